The highest BCUT2D eigenvalue weighted by molar-refractivity contribution is 7.13. The third kappa shape index (κ3) is 2.41. The van der Waals surface area contributed by atoms with Gasteiger partial charge in [0, 0.05) is 20.4 Å². The number of carbonyl (C=O) groups is 1. The molecule has 0 aliphatic heterocycles. The van der Waals surface area contributed by atoms with Crippen molar-refractivity contribution >= 4 is 22.9 Å². The molecule has 0 aromatic carbocycles. The molecule has 1 N–H and O–H groups in total. The van der Waals surface area contributed by atoms with Crippen LogP contribution in [0.2, 0.25) is 0 Å². The molecule has 1 atom stereocenters. The number of thiazole rings is 1. The molecule has 0 aliphatic carbocycles. The summed E-state index contributed by atoms with van der Waals surface area (Å²) in [4.78, 5) is 18.5. The fraction of sp³-hybridized carbons (Fsp3) is 0.364. The van der Waals surface area contributed by atoms with Crippen LogP contribution in [0.25, 0.3) is 0 Å². The summed E-state index contributed by atoms with van der Waals surface area (Å²) in [5.74, 6) is -0.108. The number of H-pyrrole nitrogens is 1. The van der Waals surface area contributed by atoms with Crippen LogP contribution < -0.4 is 4.90 Å². The Balaban J connectivity index is 2.16. The molecule has 7 heteroatoms. The monoisotopic (exact) mass is 266 g/mol. The first-order valence-corrected chi connectivity index (χ1v) is 6.20. The Labute approximate surface area is 109 Å². The number of hydrogen-bond acceptors (Lipinski definition) is 5. The molecule has 2 heterocycles. The second kappa shape index (κ2) is 5.28. The quantitative estimate of drug-likeness (QED) is 0.916. The van der Waals surface area contributed by atoms with E-state index in [-0.39, 0.29) is 12.0 Å². The van der Waals surface area contributed by atoms with E-state index in [1.807, 2.05) is 6.92 Å². The standard InChI is InChI=1S/C11H14N4O2S/c1-7(17-3)10-12-6-9(18-10)11(16)15(2)8-4-13-14-5-8/h4-7H,1-3H3,(H,13,14). The summed E-state index contributed by atoms with van der Waals surface area (Å²) in [6.45, 7) is 1.90. The van der Waals surface area contributed by atoms with Gasteiger partial charge in [-0.2, -0.15) is 5.10 Å². The molecule has 1 unspecified atom stereocenters. The van der Waals surface area contributed by atoms with Crippen LogP contribution in [-0.2, 0) is 4.74 Å². The van der Waals surface area contributed by atoms with E-state index >= 15 is 0 Å². The predicted octanol–water partition coefficient (Wildman–Crippen LogP) is 1.85. The third-order valence-electron chi connectivity index (χ3n) is 2.61. The van der Waals surface area contributed by atoms with Crippen LogP contribution in [-0.4, -0.2) is 35.2 Å². The van der Waals surface area contributed by atoms with Crippen molar-refractivity contribution in [3.05, 3.63) is 28.5 Å². The Kier molecular flexibility index (Phi) is 3.73. The zero-order valence-electron chi connectivity index (χ0n) is 10.4. The minimum Gasteiger partial charge on any atom is -0.375 e. The number of hydrogen-bond donors (Lipinski definition) is 1. The second-order valence-corrected chi connectivity index (χ2v) is 4.82. The van der Waals surface area contributed by atoms with Crippen molar-refractivity contribution < 1.29 is 9.53 Å². The summed E-state index contributed by atoms with van der Waals surface area (Å²) in [7, 11) is 3.32. The van der Waals surface area contributed by atoms with Crippen LogP contribution in [0.15, 0.2) is 18.6 Å². The van der Waals surface area contributed by atoms with E-state index < -0.39 is 0 Å². The SMILES string of the molecule is COC(C)c1ncc(C(=O)N(C)c2cn[nH]c2)s1. The fourth-order valence-corrected chi connectivity index (χ4v) is 2.31. The van der Waals surface area contributed by atoms with Gasteiger partial charge in [-0.25, -0.2) is 4.98 Å². The van der Waals surface area contributed by atoms with Crippen molar-refractivity contribution in [3.8, 4) is 0 Å². The van der Waals surface area contributed by atoms with Gasteiger partial charge in [0.15, 0.2) is 0 Å². The first kappa shape index (κ1) is 12.7. The van der Waals surface area contributed by atoms with E-state index in [0.717, 1.165) is 10.7 Å². The van der Waals surface area contributed by atoms with Crippen molar-refractivity contribution in [2.75, 3.05) is 19.1 Å². The third-order valence-corrected chi connectivity index (χ3v) is 3.76. The van der Waals surface area contributed by atoms with Crippen LogP contribution in [0.5, 0.6) is 0 Å². The van der Waals surface area contributed by atoms with Gasteiger partial charge in [0.1, 0.15) is 16.0 Å². The summed E-state index contributed by atoms with van der Waals surface area (Å²) in [6, 6.07) is 0. The Morgan fingerprint density at radius 3 is 2.94 bits per heavy atom. The number of carbonyl (C=O) groups excluding carboxylic acids is 1. The molecule has 0 saturated heterocycles. The molecule has 2 aromatic heterocycles. The number of methoxy groups -OCH3 is 1. The molecular weight excluding hydrogens is 252 g/mol. The molecule has 2 aromatic rings. The zero-order valence-corrected chi connectivity index (χ0v) is 11.2. The number of nitrogens with one attached hydrogen (secondary N) is 1. The summed E-state index contributed by atoms with van der Waals surface area (Å²) in [5, 5.41) is 7.28. The fourth-order valence-electron chi connectivity index (χ4n) is 1.39. The van der Waals surface area contributed by atoms with Crippen LogP contribution >= 0.6 is 11.3 Å². The van der Waals surface area contributed by atoms with Gasteiger partial charge >= 0.3 is 0 Å². The number of rotatable bonds is 4. The lowest BCUT2D eigenvalue weighted by molar-refractivity contribution is 0.0996. The van der Waals surface area contributed by atoms with Crippen LogP contribution in [0, 0.1) is 0 Å². The van der Waals surface area contributed by atoms with Gasteiger partial charge in [-0.1, -0.05) is 0 Å². The predicted molar refractivity (Wildman–Crippen MR) is 68.9 cm³/mol. The van der Waals surface area contributed by atoms with Gasteiger partial charge < -0.3 is 9.64 Å². The Morgan fingerprint density at radius 1 is 1.56 bits per heavy atom. The number of nitrogens with zero attached hydrogens (tertiary/aromatic N) is 3. The van der Waals surface area contributed by atoms with Crippen molar-refractivity contribution in [1.29, 1.82) is 0 Å². The number of ether oxygens (including phenoxy) is 1. The van der Waals surface area contributed by atoms with Crippen LogP contribution in [0.4, 0.5) is 5.69 Å². The lowest BCUT2D eigenvalue weighted by Gasteiger charge is -2.12. The van der Waals surface area contributed by atoms with Gasteiger partial charge in [0.05, 0.1) is 18.1 Å². The molecule has 0 aliphatic rings. The normalized spacial score (nSPS) is 12.4. The van der Waals surface area contributed by atoms with E-state index in [1.165, 1.54) is 16.2 Å². The van der Waals surface area contributed by atoms with E-state index in [0.29, 0.717) is 4.88 Å². The lowest BCUT2D eigenvalue weighted by Crippen LogP contribution is -2.24. The second-order valence-electron chi connectivity index (χ2n) is 3.76. The minimum absolute atomic E-state index is 0.101. The van der Waals surface area contributed by atoms with Crippen molar-refractivity contribution in [2.24, 2.45) is 0 Å². The Hall–Kier alpha value is -1.73. The number of amides is 1. The summed E-state index contributed by atoms with van der Waals surface area (Å²) in [5.41, 5.74) is 0.717. The van der Waals surface area contributed by atoms with Crippen LogP contribution in [0.3, 0.4) is 0 Å². The van der Waals surface area contributed by atoms with Crippen LogP contribution in [0.1, 0.15) is 27.7 Å². The number of anilines is 1. The van der Waals surface area contributed by atoms with Crippen molar-refractivity contribution in [1.82, 2.24) is 15.2 Å². The Morgan fingerprint density at radius 2 is 2.33 bits per heavy atom. The van der Waals surface area contributed by atoms with Gasteiger partial charge in [-0.15, -0.1) is 11.3 Å². The molecule has 0 spiro atoms. The highest BCUT2D eigenvalue weighted by Crippen LogP contribution is 2.24. The molecule has 18 heavy (non-hydrogen) atoms. The summed E-state index contributed by atoms with van der Waals surface area (Å²) >= 11 is 1.34. The highest BCUT2D eigenvalue weighted by Gasteiger charge is 2.19. The summed E-state index contributed by atoms with van der Waals surface area (Å²) in [6.07, 6.45) is 4.74. The van der Waals surface area contributed by atoms with Gasteiger partial charge in [-0.05, 0) is 6.92 Å². The number of aromatic amines is 1. The Bertz CT molecular complexity index is 523. The number of aromatic nitrogens is 3. The van der Waals surface area contributed by atoms with Crippen molar-refractivity contribution in [2.45, 2.75) is 13.0 Å². The first-order valence-electron chi connectivity index (χ1n) is 5.39. The largest absolute Gasteiger partial charge is 0.375 e. The van der Waals surface area contributed by atoms with E-state index in [1.54, 1.807) is 32.7 Å². The topological polar surface area (TPSA) is 71.1 Å². The smallest absolute Gasteiger partial charge is 0.269 e. The van der Waals surface area contributed by atoms with E-state index in [9.17, 15) is 4.79 Å². The van der Waals surface area contributed by atoms with Gasteiger partial charge in [0.2, 0.25) is 0 Å². The summed E-state index contributed by atoms with van der Waals surface area (Å²) < 4.78 is 5.17. The maximum absolute atomic E-state index is 12.2. The maximum atomic E-state index is 12.2. The van der Waals surface area contributed by atoms with E-state index in [4.69, 9.17) is 4.74 Å². The molecule has 0 bridgehead atoms. The molecule has 0 saturated carbocycles. The zero-order chi connectivity index (χ0) is 13.1. The average molecular weight is 266 g/mol. The van der Waals surface area contributed by atoms with Crippen molar-refractivity contribution in [3.63, 3.8) is 0 Å². The van der Waals surface area contributed by atoms with Gasteiger partial charge in [0.25, 0.3) is 5.91 Å². The first-order chi connectivity index (χ1) is 8.63. The highest BCUT2D eigenvalue weighted by atomic mass is 32.1. The molecule has 96 valence electrons. The molecular formula is C11H14N4O2S. The minimum atomic E-state index is -0.108. The van der Waals surface area contributed by atoms with Gasteiger partial charge in [-0.3, -0.25) is 9.89 Å². The molecule has 0 fully saturated rings. The van der Waals surface area contributed by atoms with E-state index in [2.05, 4.69) is 15.2 Å². The molecule has 0 radical (unpaired) electrons. The molecule has 2 rings (SSSR count). The maximum Gasteiger partial charge on any atom is 0.269 e. The molecule has 1 amide bonds. The lowest BCUT2D eigenvalue weighted by atomic mass is 10.4. The molecule has 6 nitrogen and oxygen atoms in total. The average Bonchev–Trinajstić information content (AvgIpc) is 3.06.